The molecule has 0 radical (unpaired) electrons. The van der Waals surface area contributed by atoms with Gasteiger partial charge in [-0.1, -0.05) is 6.42 Å². The number of piperidine rings is 1. The van der Waals surface area contributed by atoms with E-state index in [1.54, 1.807) is 0 Å². The van der Waals surface area contributed by atoms with Gasteiger partial charge in [-0.3, -0.25) is 0 Å². The topological polar surface area (TPSA) is 57.9 Å². The first-order valence-electron chi connectivity index (χ1n) is 8.16. The van der Waals surface area contributed by atoms with Crippen LogP contribution in [-0.4, -0.2) is 24.2 Å². The van der Waals surface area contributed by atoms with E-state index in [1.807, 2.05) is 6.07 Å². The Balaban J connectivity index is 1.62. The number of pyridine rings is 1. The zero-order valence-corrected chi connectivity index (χ0v) is 12.5. The Labute approximate surface area is 126 Å². The summed E-state index contributed by atoms with van der Waals surface area (Å²) in [4.78, 5) is 4.60. The van der Waals surface area contributed by atoms with E-state index < -0.39 is 0 Å². The fourth-order valence-corrected chi connectivity index (χ4v) is 3.27. The monoisotopic (exact) mass is 285 g/mol. The average molecular weight is 285 g/mol. The predicted molar refractivity (Wildman–Crippen MR) is 81.3 cm³/mol. The Morgan fingerprint density at radius 2 is 2.19 bits per heavy atom. The lowest BCUT2D eigenvalue weighted by atomic mass is 9.95. The van der Waals surface area contributed by atoms with Gasteiger partial charge >= 0.3 is 0 Å². The van der Waals surface area contributed by atoms with Crippen LogP contribution in [0.5, 0.6) is 5.88 Å². The van der Waals surface area contributed by atoms with Crippen molar-refractivity contribution in [3.05, 3.63) is 22.9 Å². The van der Waals surface area contributed by atoms with E-state index in [9.17, 15) is 5.26 Å². The van der Waals surface area contributed by atoms with E-state index in [0.29, 0.717) is 24.1 Å². The zero-order chi connectivity index (χ0) is 14.5. The molecule has 0 amide bonds. The standard InChI is InChI=1S/C17H23N3O/c18-12-14-11-13-5-1-2-7-16(13)20-17(14)21-10-8-15-6-3-4-9-19-15/h11,15,19H,1-10H2. The van der Waals surface area contributed by atoms with Gasteiger partial charge in [0.25, 0.3) is 0 Å². The van der Waals surface area contributed by atoms with Gasteiger partial charge in [-0.15, -0.1) is 0 Å². The van der Waals surface area contributed by atoms with Crippen molar-refractivity contribution in [1.29, 1.82) is 5.26 Å². The van der Waals surface area contributed by atoms with Crippen molar-refractivity contribution in [2.24, 2.45) is 0 Å². The minimum atomic E-state index is 0.536. The highest BCUT2D eigenvalue weighted by atomic mass is 16.5. The van der Waals surface area contributed by atoms with Gasteiger partial charge in [-0.05, 0) is 63.1 Å². The first kappa shape index (κ1) is 14.3. The quantitative estimate of drug-likeness (QED) is 0.924. The number of nitrogens with zero attached hydrogens (tertiary/aromatic N) is 2. The van der Waals surface area contributed by atoms with E-state index in [4.69, 9.17) is 4.74 Å². The van der Waals surface area contributed by atoms with Crippen molar-refractivity contribution in [3.63, 3.8) is 0 Å². The van der Waals surface area contributed by atoms with E-state index >= 15 is 0 Å². The molecule has 1 aromatic rings. The normalized spacial score (nSPS) is 21.4. The number of fused-ring (bicyclic) bond motifs is 1. The van der Waals surface area contributed by atoms with Gasteiger partial charge in [0.2, 0.25) is 5.88 Å². The molecule has 1 N–H and O–H groups in total. The van der Waals surface area contributed by atoms with E-state index in [1.165, 1.54) is 37.7 Å². The second-order valence-electron chi connectivity index (χ2n) is 6.05. The van der Waals surface area contributed by atoms with Crippen molar-refractivity contribution < 1.29 is 4.74 Å². The summed E-state index contributed by atoms with van der Waals surface area (Å²) in [6, 6.07) is 4.77. The van der Waals surface area contributed by atoms with E-state index in [0.717, 1.165) is 31.5 Å². The van der Waals surface area contributed by atoms with Crippen molar-refractivity contribution in [1.82, 2.24) is 10.3 Å². The summed E-state index contributed by atoms with van der Waals surface area (Å²) in [7, 11) is 0. The summed E-state index contributed by atoms with van der Waals surface area (Å²) in [5.74, 6) is 0.536. The number of rotatable bonds is 4. The second kappa shape index (κ2) is 6.91. The minimum absolute atomic E-state index is 0.536. The van der Waals surface area contributed by atoms with E-state index in [2.05, 4.69) is 16.4 Å². The third-order valence-electron chi connectivity index (χ3n) is 4.50. The van der Waals surface area contributed by atoms with Crippen LogP contribution < -0.4 is 10.1 Å². The van der Waals surface area contributed by atoms with Crippen LogP contribution in [0.1, 0.15) is 55.3 Å². The summed E-state index contributed by atoms with van der Waals surface area (Å²) in [5.41, 5.74) is 2.96. The molecule has 1 aliphatic heterocycles. The lowest BCUT2D eigenvalue weighted by molar-refractivity contribution is 0.259. The molecule has 1 aromatic heterocycles. The molecule has 0 saturated carbocycles. The Morgan fingerprint density at radius 1 is 1.29 bits per heavy atom. The van der Waals surface area contributed by atoms with Crippen LogP contribution in [0.15, 0.2) is 6.07 Å². The van der Waals surface area contributed by atoms with Gasteiger partial charge in [-0.2, -0.15) is 5.26 Å². The number of aromatic nitrogens is 1. The lowest BCUT2D eigenvalue weighted by Gasteiger charge is -2.23. The summed E-state index contributed by atoms with van der Waals surface area (Å²) in [6.45, 7) is 1.75. The minimum Gasteiger partial charge on any atom is -0.477 e. The van der Waals surface area contributed by atoms with Crippen LogP contribution in [0.25, 0.3) is 0 Å². The van der Waals surface area contributed by atoms with Crippen LogP contribution in [0, 0.1) is 11.3 Å². The Bertz CT molecular complexity index is 530. The first-order chi connectivity index (χ1) is 10.4. The molecule has 1 atom stereocenters. The molecule has 4 heteroatoms. The zero-order valence-electron chi connectivity index (χ0n) is 12.5. The summed E-state index contributed by atoms with van der Waals surface area (Å²) in [5, 5.41) is 12.8. The number of aryl methyl sites for hydroxylation is 2. The molecule has 21 heavy (non-hydrogen) atoms. The number of nitriles is 1. The number of ether oxygens (including phenoxy) is 1. The van der Waals surface area contributed by atoms with Crippen LogP contribution >= 0.6 is 0 Å². The summed E-state index contributed by atoms with van der Waals surface area (Å²) < 4.78 is 5.82. The molecule has 1 fully saturated rings. The van der Waals surface area contributed by atoms with Crippen LogP contribution in [0.4, 0.5) is 0 Å². The maximum absolute atomic E-state index is 9.29. The average Bonchev–Trinajstić information content (AvgIpc) is 2.55. The Kier molecular flexibility index (Phi) is 4.72. The third-order valence-corrected chi connectivity index (χ3v) is 4.50. The van der Waals surface area contributed by atoms with Crippen molar-refractivity contribution >= 4 is 0 Å². The molecule has 4 nitrogen and oxygen atoms in total. The molecular weight excluding hydrogens is 262 g/mol. The molecule has 112 valence electrons. The van der Waals surface area contributed by atoms with E-state index in [-0.39, 0.29) is 0 Å². The predicted octanol–water partition coefficient (Wildman–Crippen LogP) is 2.74. The fourth-order valence-electron chi connectivity index (χ4n) is 3.27. The summed E-state index contributed by atoms with van der Waals surface area (Å²) in [6.07, 6.45) is 9.26. The molecule has 2 aliphatic rings. The van der Waals surface area contributed by atoms with Crippen LogP contribution in [0.3, 0.4) is 0 Å². The highest BCUT2D eigenvalue weighted by molar-refractivity contribution is 5.43. The number of hydrogen-bond acceptors (Lipinski definition) is 4. The SMILES string of the molecule is N#Cc1cc2c(nc1OCCC1CCCCN1)CCCC2. The summed E-state index contributed by atoms with van der Waals surface area (Å²) >= 11 is 0. The smallest absolute Gasteiger partial charge is 0.231 e. The fraction of sp³-hybridized carbons (Fsp3) is 0.647. The number of hydrogen-bond donors (Lipinski definition) is 1. The molecule has 0 aromatic carbocycles. The van der Waals surface area contributed by atoms with Crippen molar-refractivity contribution in [3.8, 4) is 11.9 Å². The van der Waals surface area contributed by atoms with Crippen LogP contribution in [0.2, 0.25) is 0 Å². The van der Waals surface area contributed by atoms with Gasteiger partial charge in [0.05, 0.1) is 6.61 Å². The van der Waals surface area contributed by atoms with Crippen LogP contribution in [-0.2, 0) is 12.8 Å². The van der Waals surface area contributed by atoms with Gasteiger partial charge < -0.3 is 10.1 Å². The highest BCUT2D eigenvalue weighted by Gasteiger charge is 2.17. The van der Waals surface area contributed by atoms with Gasteiger partial charge in [0.15, 0.2) is 0 Å². The van der Waals surface area contributed by atoms with Gasteiger partial charge in [0, 0.05) is 11.7 Å². The van der Waals surface area contributed by atoms with Crippen molar-refractivity contribution in [2.75, 3.05) is 13.2 Å². The maximum Gasteiger partial charge on any atom is 0.231 e. The third kappa shape index (κ3) is 3.54. The molecule has 0 bridgehead atoms. The maximum atomic E-state index is 9.29. The van der Waals surface area contributed by atoms with Crippen molar-refractivity contribution in [2.45, 2.75) is 57.4 Å². The Morgan fingerprint density at radius 3 is 3.00 bits per heavy atom. The molecule has 1 unspecified atom stereocenters. The lowest BCUT2D eigenvalue weighted by Crippen LogP contribution is -2.35. The molecule has 0 spiro atoms. The Hall–Kier alpha value is -1.60. The molecule has 1 saturated heterocycles. The largest absolute Gasteiger partial charge is 0.477 e. The second-order valence-corrected chi connectivity index (χ2v) is 6.05. The molecular formula is C17H23N3O. The molecule has 3 rings (SSSR count). The first-order valence-corrected chi connectivity index (χ1v) is 8.16. The highest BCUT2D eigenvalue weighted by Crippen LogP contribution is 2.25. The van der Waals surface area contributed by atoms with Gasteiger partial charge in [0.1, 0.15) is 11.6 Å². The molecule has 2 heterocycles. The number of nitrogens with one attached hydrogen (secondary N) is 1. The van der Waals surface area contributed by atoms with Gasteiger partial charge in [-0.25, -0.2) is 4.98 Å². The molecule has 1 aliphatic carbocycles.